The Balaban J connectivity index is 2.33. The molecular formula is C11H10N4O3S. The number of hydrogen-bond donors (Lipinski definition) is 3. The summed E-state index contributed by atoms with van der Waals surface area (Å²) in [4.78, 5) is 30.7. The highest BCUT2D eigenvalue weighted by Gasteiger charge is 2.23. The molecule has 0 aliphatic heterocycles. The zero-order valence-electron chi connectivity index (χ0n) is 9.61. The van der Waals surface area contributed by atoms with Crippen LogP contribution in [-0.4, -0.2) is 27.0 Å². The molecule has 0 aromatic carbocycles. The van der Waals surface area contributed by atoms with Gasteiger partial charge in [-0.1, -0.05) is 6.07 Å². The Hall–Kier alpha value is -2.48. The second-order valence-corrected chi connectivity index (χ2v) is 4.53. The number of anilines is 1. The lowest BCUT2D eigenvalue weighted by Crippen LogP contribution is -2.23. The summed E-state index contributed by atoms with van der Waals surface area (Å²) in [6.07, 6.45) is 2.66. The lowest BCUT2D eigenvalue weighted by molar-refractivity contribution is -0.138. The number of thiophene rings is 1. The lowest BCUT2D eigenvalue weighted by Gasteiger charge is -2.14. The van der Waals surface area contributed by atoms with E-state index in [4.69, 9.17) is 5.73 Å². The molecule has 0 saturated heterocycles. The van der Waals surface area contributed by atoms with Gasteiger partial charge < -0.3 is 16.2 Å². The number of hydrogen-bond acceptors (Lipinski definition) is 6. The first-order chi connectivity index (χ1) is 9.09. The van der Waals surface area contributed by atoms with Gasteiger partial charge >= 0.3 is 5.97 Å². The molecule has 0 bridgehead atoms. The zero-order valence-corrected chi connectivity index (χ0v) is 10.4. The number of primary amides is 1. The molecule has 0 spiro atoms. The highest BCUT2D eigenvalue weighted by Crippen LogP contribution is 2.23. The molecule has 7 nitrogen and oxygen atoms in total. The monoisotopic (exact) mass is 278 g/mol. The van der Waals surface area contributed by atoms with Crippen LogP contribution in [0.3, 0.4) is 0 Å². The smallest absolute Gasteiger partial charge is 0.331 e. The Labute approximate surface area is 112 Å². The molecule has 0 aliphatic rings. The van der Waals surface area contributed by atoms with Gasteiger partial charge in [-0.3, -0.25) is 4.79 Å². The maximum atomic E-state index is 11.3. The number of carboxylic acids is 1. The number of carbonyl (C=O) groups is 2. The van der Waals surface area contributed by atoms with Gasteiger partial charge in [0.1, 0.15) is 0 Å². The molecule has 2 aromatic rings. The lowest BCUT2D eigenvalue weighted by atomic mass is 10.2. The molecule has 1 atom stereocenters. The van der Waals surface area contributed by atoms with E-state index in [2.05, 4.69) is 15.3 Å². The Morgan fingerprint density at radius 1 is 1.37 bits per heavy atom. The number of nitrogens with one attached hydrogen (secondary N) is 1. The van der Waals surface area contributed by atoms with Gasteiger partial charge in [0, 0.05) is 17.3 Å². The molecule has 4 N–H and O–H groups in total. The van der Waals surface area contributed by atoms with Crippen molar-refractivity contribution in [1.29, 1.82) is 0 Å². The zero-order chi connectivity index (χ0) is 13.8. The van der Waals surface area contributed by atoms with Crippen LogP contribution >= 0.6 is 11.3 Å². The van der Waals surface area contributed by atoms with Gasteiger partial charge in [-0.2, -0.15) is 0 Å². The SMILES string of the molecule is NC(=O)c1nccnc1NC(C(=O)O)c1cccs1. The van der Waals surface area contributed by atoms with E-state index < -0.39 is 17.9 Å². The standard InChI is InChI=1S/C11H10N4O3S/c12-9(16)8-10(14-4-3-13-8)15-7(11(17)18)6-2-1-5-19-6/h1-5,7H,(H2,12,16)(H,14,15)(H,17,18). The fraction of sp³-hybridized carbons (Fsp3) is 0.0909. The third kappa shape index (κ3) is 2.86. The van der Waals surface area contributed by atoms with E-state index in [1.54, 1.807) is 17.5 Å². The minimum absolute atomic E-state index is 0.0517. The average Bonchev–Trinajstić information content (AvgIpc) is 2.89. The molecule has 0 radical (unpaired) electrons. The van der Waals surface area contributed by atoms with Crippen LogP contribution in [0.2, 0.25) is 0 Å². The summed E-state index contributed by atoms with van der Waals surface area (Å²) >= 11 is 1.29. The predicted molar refractivity (Wildman–Crippen MR) is 68.9 cm³/mol. The van der Waals surface area contributed by atoms with Crippen LogP contribution < -0.4 is 11.1 Å². The number of carbonyl (C=O) groups excluding carboxylic acids is 1. The van der Waals surface area contributed by atoms with Gasteiger partial charge in [-0.05, 0) is 11.4 Å². The number of nitrogens with two attached hydrogens (primary N) is 1. The van der Waals surface area contributed by atoms with Crippen molar-refractivity contribution in [3.63, 3.8) is 0 Å². The first-order valence-electron chi connectivity index (χ1n) is 5.23. The number of rotatable bonds is 5. The molecule has 0 fully saturated rings. The quantitative estimate of drug-likeness (QED) is 0.747. The van der Waals surface area contributed by atoms with Crippen LogP contribution in [0.4, 0.5) is 5.82 Å². The fourth-order valence-electron chi connectivity index (χ4n) is 1.47. The van der Waals surface area contributed by atoms with E-state index in [0.717, 1.165) is 0 Å². The Morgan fingerprint density at radius 3 is 2.68 bits per heavy atom. The number of amides is 1. The Kier molecular flexibility index (Phi) is 3.71. The molecule has 1 unspecified atom stereocenters. The molecule has 98 valence electrons. The van der Waals surface area contributed by atoms with Gasteiger partial charge in [0.25, 0.3) is 5.91 Å². The van der Waals surface area contributed by atoms with Crippen molar-refractivity contribution in [2.45, 2.75) is 6.04 Å². The van der Waals surface area contributed by atoms with E-state index in [9.17, 15) is 14.7 Å². The minimum Gasteiger partial charge on any atom is -0.479 e. The number of aromatic nitrogens is 2. The van der Waals surface area contributed by atoms with Gasteiger partial charge in [0.15, 0.2) is 17.6 Å². The van der Waals surface area contributed by atoms with Crippen molar-refractivity contribution in [3.8, 4) is 0 Å². The molecule has 2 aromatic heterocycles. The molecule has 19 heavy (non-hydrogen) atoms. The molecule has 2 heterocycles. The van der Waals surface area contributed by atoms with Gasteiger partial charge in [0.2, 0.25) is 0 Å². The first-order valence-corrected chi connectivity index (χ1v) is 6.11. The van der Waals surface area contributed by atoms with E-state index in [-0.39, 0.29) is 11.5 Å². The number of carboxylic acid groups (broad SMARTS) is 1. The van der Waals surface area contributed by atoms with E-state index >= 15 is 0 Å². The molecule has 2 rings (SSSR count). The second-order valence-electron chi connectivity index (χ2n) is 3.55. The topological polar surface area (TPSA) is 118 Å². The van der Waals surface area contributed by atoms with E-state index in [1.807, 2.05) is 0 Å². The molecule has 0 aliphatic carbocycles. The minimum atomic E-state index is -1.08. The third-order valence-corrected chi connectivity index (χ3v) is 3.22. The molecule has 8 heteroatoms. The molecular weight excluding hydrogens is 268 g/mol. The highest BCUT2D eigenvalue weighted by atomic mass is 32.1. The van der Waals surface area contributed by atoms with Gasteiger partial charge in [-0.15, -0.1) is 11.3 Å². The maximum Gasteiger partial charge on any atom is 0.331 e. The van der Waals surface area contributed by atoms with Crippen LogP contribution in [0.1, 0.15) is 21.4 Å². The average molecular weight is 278 g/mol. The summed E-state index contributed by atoms with van der Waals surface area (Å²) in [5.41, 5.74) is 5.07. The van der Waals surface area contributed by atoms with E-state index in [0.29, 0.717) is 4.88 Å². The van der Waals surface area contributed by atoms with Crippen molar-refractivity contribution in [3.05, 3.63) is 40.5 Å². The van der Waals surface area contributed by atoms with Crippen molar-refractivity contribution < 1.29 is 14.7 Å². The van der Waals surface area contributed by atoms with Crippen molar-refractivity contribution in [2.75, 3.05) is 5.32 Å². The molecule has 0 saturated carbocycles. The number of nitrogens with zero attached hydrogens (tertiary/aromatic N) is 2. The van der Waals surface area contributed by atoms with Gasteiger partial charge in [-0.25, -0.2) is 14.8 Å². The summed E-state index contributed by atoms with van der Waals surface area (Å²) in [6.45, 7) is 0. The van der Waals surface area contributed by atoms with Crippen molar-refractivity contribution >= 4 is 29.0 Å². The molecule has 1 amide bonds. The summed E-state index contributed by atoms with van der Waals surface area (Å²) < 4.78 is 0. The van der Waals surface area contributed by atoms with Crippen LogP contribution in [-0.2, 0) is 4.79 Å². The summed E-state index contributed by atoms with van der Waals surface area (Å²) in [6, 6.07) is 2.41. The summed E-state index contributed by atoms with van der Waals surface area (Å²) in [7, 11) is 0. The van der Waals surface area contributed by atoms with Gasteiger partial charge in [0.05, 0.1) is 0 Å². The summed E-state index contributed by atoms with van der Waals surface area (Å²) in [5, 5.41) is 13.6. The normalized spacial score (nSPS) is 11.8. The van der Waals surface area contributed by atoms with Crippen molar-refractivity contribution in [1.82, 2.24) is 9.97 Å². The predicted octanol–water partition coefficient (Wildman–Crippen LogP) is 0.875. The van der Waals surface area contributed by atoms with Crippen molar-refractivity contribution in [2.24, 2.45) is 5.73 Å². The van der Waals surface area contributed by atoms with E-state index in [1.165, 1.54) is 23.7 Å². The first kappa shape index (κ1) is 13.0. The summed E-state index contributed by atoms with van der Waals surface area (Å²) in [5.74, 6) is -1.80. The largest absolute Gasteiger partial charge is 0.479 e. The van der Waals surface area contributed by atoms with Crippen LogP contribution in [0.15, 0.2) is 29.9 Å². The third-order valence-electron chi connectivity index (χ3n) is 2.29. The fourth-order valence-corrected chi connectivity index (χ4v) is 2.24. The highest BCUT2D eigenvalue weighted by molar-refractivity contribution is 7.10. The van der Waals surface area contributed by atoms with Crippen LogP contribution in [0.25, 0.3) is 0 Å². The van der Waals surface area contributed by atoms with Crippen LogP contribution in [0, 0.1) is 0 Å². The van der Waals surface area contributed by atoms with Crippen LogP contribution in [0.5, 0.6) is 0 Å². The second kappa shape index (κ2) is 5.44. The Bertz CT molecular complexity index is 600. The number of aliphatic carboxylic acids is 1. The Morgan fingerprint density at radius 2 is 2.11 bits per heavy atom. The maximum absolute atomic E-state index is 11.3.